The number of aromatic carboxylic acids is 1. The Bertz CT molecular complexity index is 1030. The molecule has 7 nitrogen and oxygen atoms in total. The van der Waals surface area contributed by atoms with Gasteiger partial charge in [0.15, 0.2) is 5.43 Å². The number of aryl methyl sites for hydroxylation is 2. The van der Waals surface area contributed by atoms with E-state index in [2.05, 4.69) is 32.9 Å². The van der Waals surface area contributed by atoms with Crippen molar-refractivity contribution >= 4 is 5.97 Å². The zero-order valence-electron chi connectivity index (χ0n) is 20.8. The van der Waals surface area contributed by atoms with Crippen molar-refractivity contribution < 1.29 is 24.1 Å². The van der Waals surface area contributed by atoms with Gasteiger partial charge in [-0.3, -0.25) is 4.79 Å². The number of methoxy groups -OCH3 is 1. The smallest absolute Gasteiger partial charge is 0.341 e. The number of hydrogen-bond acceptors (Lipinski definition) is 5. The van der Waals surface area contributed by atoms with Gasteiger partial charge in [0, 0.05) is 56.7 Å². The van der Waals surface area contributed by atoms with Gasteiger partial charge in [0.2, 0.25) is 0 Å². The van der Waals surface area contributed by atoms with Gasteiger partial charge in [-0.1, -0.05) is 20.8 Å². The van der Waals surface area contributed by atoms with Crippen LogP contribution in [0.2, 0.25) is 0 Å². The minimum atomic E-state index is -1.20. The first-order valence-electron chi connectivity index (χ1n) is 12.2. The fraction of sp³-hybridized carbons (Fsp3) is 0.556. The molecule has 0 radical (unpaired) electrons. The third-order valence-electron chi connectivity index (χ3n) is 5.77. The van der Waals surface area contributed by atoms with E-state index in [1.807, 2.05) is 4.57 Å². The molecule has 3 heterocycles. The van der Waals surface area contributed by atoms with Crippen molar-refractivity contribution in [1.82, 2.24) is 4.57 Å². The highest BCUT2D eigenvalue weighted by molar-refractivity contribution is 5.87. The van der Waals surface area contributed by atoms with Crippen LogP contribution < -0.4 is 10.2 Å². The average molecular weight is 472 g/mol. The van der Waals surface area contributed by atoms with Gasteiger partial charge >= 0.3 is 5.97 Å². The lowest BCUT2D eigenvalue weighted by atomic mass is 9.91. The summed E-state index contributed by atoms with van der Waals surface area (Å²) in [5.41, 5.74) is 3.11. The quantitative estimate of drug-likeness (QED) is 0.566. The lowest BCUT2D eigenvalue weighted by Gasteiger charge is -2.29. The fourth-order valence-corrected chi connectivity index (χ4v) is 4.22. The molecule has 7 heteroatoms. The Balaban J connectivity index is 0.000000751. The summed E-state index contributed by atoms with van der Waals surface area (Å²) < 4.78 is 19.1. The molecule has 186 valence electrons. The first-order valence-corrected chi connectivity index (χ1v) is 12.2. The van der Waals surface area contributed by atoms with E-state index in [-0.39, 0.29) is 11.7 Å². The molecule has 0 amide bonds. The standard InChI is InChI=1S/C23H27NO6.C4H10/c1-28-8-4-10-30-22-11-15-6-7-24-14-18(23(26)27)20(25)13-19(24)16(15)12-17(22)21-5-2-3-9-29-21;1-4(2)3/h11-14,21H,2-10H2,1H3,(H,26,27);4H,1-3H3. The molecule has 0 saturated carbocycles. The number of nitrogens with zero attached hydrogens (tertiary/aromatic N) is 1. The maximum Gasteiger partial charge on any atom is 0.341 e. The van der Waals surface area contributed by atoms with Crippen LogP contribution in [-0.4, -0.2) is 42.6 Å². The van der Waals surface area contributed by atoms with Gasteiger partial charge in [0.05, 0.1) is 18.4 Å². The summed E-state index contributed by atoms with van der Waals surface area (Å²) in [6.07, 6.45) is 6.04. The van der Waals surface area contributed by atoms with Crippen LogP contribution in [0.1, 0.15) is 74.0 Å². The van der Waals surface area contributed by atoms with Crippen molar-refractivity contribution in [3.8, 4) is 17.0 Å². The fourth-order valence-electron chi connectivity index (χ4n) is 4.22. The zero-order valence-corrected chi connectivity index (χ0v) is 20.8. The van der Waals surface area contributed by atoms with Crippen molar-refractivity contribution in [3.63, 3.8) is 0 Å². The number of benzene rings is 1. The van der Waals surface area contributed by atoms with Crippen LogP contribution in [0.15, 0.2) is 29.2 Å². The van der Waals surface area contributed by atoms with Crippen molar-refractivity contribution in [1.29, 1.82) is 0 Å². The monoisotopic (exact) mass is 471 g/mol. The van der Waals surface area contributed by atoms with Gasteiger partial charge in [-0.25, -0.2) is 4.79 Å². The van der Waals surface area contributed by atoms with Crippen molar-refractivity contribution in [2.24, 2.45) is 5.92 Å². The second-order valence-electron chi connectivity index (χ2n) is 9.51. The van der Waals surface area contributed by atoms with Crippen LogP contribution in [0.3, 0.4) is 0 Å². The SMILES string of the molecule is CC(C)C.COCCCOc1cc2c(cc1C1CCCCO1)-c1cc(=O)c(C(=O)O)cn1CC2. The third kappa shape index (κ3) is 6.48. The number of carboxylic acids is 1. The van der Waals surface area contributed by atoms with Gasteiger partial charge in [-0.2, -0.15) is 0 Å². The Labute approximate surface area is 201 Å². The molecule has 0 spiro atoms. The van der Waals surface area contributed by atoms with E-state index in [9.17, 15) is 14.7 Å². The molecule has 1 fully saturated rings. The number of fused-ring (bicyclic) bond motifs is 3. The third-order valence-corrected chi connectivity index (χ3v) is 5.77. The second-order valence-corrected chi connectivity index (χ2v) is 9.51. The summed E-state index contributed by atoms with van der Waals surface area (Å²) in [4.78, 5) is 23.7. The molecule has 0 bridgehead atoms. The number of ether oxygens (including phenoxy) is 3. The van der Waals surface area contributed by atoms with Crippen LogP contribution >= 0.6 is 0 Å². The first-order chi connectivity index (χ1) is 16.3. The van der Waals surface area contributed by atoms with Crippen LogP contribution in [-0.2, 0) is 22.4 Å². The van der Waals surface area contributed by atoms with Crippen molar-refractivity contribution in [2.75, 3.05) is 26.9 Å². The van der Waals surface area contributed by atoms with Gasteiger partial charge in [0.25, 0.3) is 0 Å². The van der Waals surface area contributed by atoms with Crippen LogP contribution in [0, 0.1) is 5.92 Å². The Morgan fingerprint density at radius 1 is 1.21 bits per heavy atom. The Morgan fingerprint density at radius 3 is 2.62 bits per heavy atom. The topological polar surface area (TPSA) is 87.0 Å². The summed E-state index contributed by atoms with van der Waals surface area (Å²) in [5.74, 6) is 0.465. The molecule has 1 unspecified atom stereocenters. The zero-order chi connectivity index (χ0) is 24.7. The molecule has 2 aliphatic heterocycles. The van der Waals surface area contributed by atoms with E-state index < -0.39 is 11.4 Å². The first kappa shape index (κ1) is 26.0. The molecule has 1 saturated heterocycles. The van der Waals surface area contributed by atoms with Crippen molar-refractivity contribution in [3.05, 3.63) is 51.3 Å². The summed E-state index contributed by atoms with van der Waals surface area (Å²) in [6, 6.07) is 5.57. The van der Waals surface area contributed by atoms with Gasteiger partial charge < -0.3 is 23.9 Å². The van der Waals surface area contributed by atoms with E-state index in [0.717, 1.165) is 72.8 Å². The summed E-state index contributed by atoms with van der Waals surface area (Å²) in [5, 5.41) is 9.28. The molecule has 34 heavy (non-hydrogen) atoms. The molecule has 2 aromatic rings. The van der Waals surface area contributed by atoms with Crippen LogP contribution in [0.25, 0.3) is 11.3 Å². The maximum absolute atomic E-state index is 12.3. The van der Waals surface area contributed by atoms with Gasteiger partial charge in [-0.05, 0) is 49.3 Å². The number of aromatic nitrogens is 1. The normalized spacial score (nSPS) is 16.8. The number of pyridine rings is 1. The van der Waals surface area contributed by atoms with E-state index in [0.29, 0.717) is 19.8 Å². The van der Waals surface area contributed by atoms with E-state index >= 15 is 0 Å². The molecule has 4 rings (SSSR count). The van der Waals surface area contributed by atoms with Crippen molar-refractivity contribution in [2.45, 2.75) is 65.5 Å². The van der Waals surface area contributed by atoms with Gasteiger partial charge in [-0.15, -0.1) is 0 Å². The second kappa shape index (κ2) is 12.2. The Hall–Kier alpha value is -2.64. The molecule has 1 aromatic heterocycles. The molecular weight excluding hydrogens is 434 g/mol. The largest absolute Gasteiger partial charge is 0.493 e. The minimum Gasteiger partial charge on any atom is -0.493 e. The number of carbonyl (C=O) groups is 1. The number of carboxylic acid groups (broad SMARTS) is 1. The summed E-state index contributed by atoms with van der Waals surface area (Å²) >= 11 is 0. The van der Waals surface area contributed by atoms with Crippen LogP contribution in [0.4, 0.5) is 0 Å². The van der Waals surface area contributed by atoms with Crippen LogP contribution in [0.5, 0.6) is 5.75 Å². The van der Waals surface area contributed by atoms with E-state index in [4.69, 9.17) is 14.2 Å². The minimum absolute atomic E-state index is 0.0399. The predicted octanol–water partition coefficient (Wildman–Crippen LogP) is 5.09. The average Bonchev–Trinajstić information content (AvgIpc) is 2.81. The molecule has 1 N–H and O–H groups in total. The molecule has 1 aromatic carbocycles. The Morgan fingerprint density at radius 2 is 1.97 bits per heavy atom. The van der Waals surface area contributed by atoms with Gasteiger partial charge in [0.1, 0.15) is 11.3 Å². The van der Waals surface area contributed by atoms with E-state index in [1.54, 1.807) is 7.11 Å². The molecule has 2 aliphatic rings. The molecule has 0 aliphatic carbocycles. The highest BCUT2D eigenvalue weighted by Gasteiger charge is 2.26. The number of rotatable bonds is 7. The molecule has 1 atom stereocenters. The summed E-state index contributed by atoms with van der Waals surface area (Å²) in [7, 11) is 1.68. The molecular formula is C27H37NO6. The number of hydrogen-bond donors (Lipinski definition) is 1. The maximum atomic E-state index is 12.3. The summed E-state index contributed by atoms with van der Waals surface area (Å²) in [6.45, 7) is 9.04. The lowest BCUT2D eigenvalue weighted by Crippen LogP contribution is -2.22. The highest BCUT2D eigenvalue weighted by Crippen LogP contribution is 2.40. The lowest BCUT2D eigenvalue weighted by molar-refractivity contribution is 0.0131. The highest BCUT2D eigenvalue weighted by atomic mass is 16.5. The van der Waals surface area contributed by atoms with E-state index in [1.165, 1.54) is 12.3 Å². The predicted molar refractivity (Wildman–Crippen MR) is 132 cm³/mol. The Kier molecular flexibility index (Phi) is 9.30.